The van der Waals surface area contributed by atoms with Gasteiger partial charge < -0.3 is 14.4 Å². The molecule has 0 saturated carbocycles. The van der Waals surface area contributed by atoms with Crippen molar-refractivity contribution >= 4 is 28.8 Å². The van der Waals surface area contributed by atoms with Crippen LogP contribution in [0.1, 0.15) is 24.7 Å². The van der Waals surface area contributed by atoms with Crippen LogP contribution in [-0.2, 0) is 35.5 Å². The summed E-state index contributed by atoms with van der Waals surface area (Å²) in [6.07, 6.45) is 5.28. The van der Waals surface area contributed by atoms with E-state index in [9.17, 15) is 14.7 Å². The maximum absolute atomic E-state index is 12.3. The second-order valence-corrected chi connectivity index (χ2v) is 7.19. The lowest BCUT2D eigenvalue weighted by Gasteiger charge is -2.34. The van der Waals surface area contributed by atoms with Crippen molar-refractivity contribution in [3.8, 4) is 0 Å². The number of benzene rings is 1. The van der Waals surface area contributed by atoms with Gasteiger partial charge in [0.15, 0.2) is 0 Å². The lowest BCUT2D eigenvalue weighted by Crippen LogP contribution is -2.42. The van der Waals surface area contributed by atoms with Gasteiger partial charge in [-0.15, -0.1) is 0 Å². The summed E-state index contributed by atoms with van der Waals surface area (Å²) in [5, 5.41) is 13.6. The van der Waals surface area contributed by atoms with Crippen LogP contribution in [-0.4, -0.2) is 49.7 Å². The molecule has 1 amide bonds. The molecular weight excluding hydrogens is 374 g/mol. The topological polar surface area (TPSA) is 102 Å². The Bertz CT molecular complexity index is 1060. The Hall–Kier alpha value is -3.36. The van der Waals surface area contributed by atoms with E-state index in [1.807, 2.05) is 31.3 Å². The number of anilines is 1. The Kier molecular flexibility index (Phi) is 4.96. The standard InChI is InChI=1S/C20H23N5O4/c1-13-4-5-14-15(25(13)20(28)29-2)6-7-16-19(14)22-17(24(16)12-18(26)27)8-11-23-10-3-9-21-23/h3,6-7,9-10,13H,4-5,8,11-12H2,1-2H3,(H,26,27). The predicted molar refractivity (Wildman–Crippen MR) is 106 cm³/mol. The summed E-state index contributed by atoms with van der Waals surface area (Å²) in [4.78, 5) is 30.2. The Morgan fingerprint density at radius 3 is 2.86 bits per heavy atom. The molecule has 9 nitrogen and oxygen atoms in total. The van der Waals surface area contributed by atoms with E-state index in [1.165, 1.54) is 7.11 Å². The van der Waals surface area contributed by atoms with Gasteiger partial charge in [-0.05, 0) is 38.0 Å². The van der Waals surface area contributed by atoms with Crippen molar-refractivity contribution in [1.82, 2.24) is 19.3 Å². The van der Waals surface area contributed by atoms with E-state index in [1.54, 1.807) is 20.3 Å². The fourth-order valence-electron chi connectivity index (χ4n) is 4.00. The predicted octanol–water partition coefficient (Wildman–Crippen LogP) is 2.47. The molecular formula is C20H23N5O4. The smallest absolute Gasteiger partial charge is 0.414 e. The molecule has 0 spiro atoms. The quantitative estimate of drug-likeness (QED) is 0.710. The lowest BCUT2D eigenvalue weighted by molar-refractivity contribution is -0.137. The van der Waals surface area contributed by atoms with Gasteiger partial charge in [0.1, 0.15) is 12.4 Å². The molecule has 1 aromatic carbocycles. The number of carboxylic acids is 1. The van der Waals surface area contributed by atoms with E-state index >= 15 is 0 Å². The van der Waals surface area contributed by atoms with Crippen LogP contribution >= 0.6 is 0 Å². The Morgan fingerprint density at radius 1 is 1.34 bits per heavy atom. The maximum Gasteiger partial charge on any atom is 0.414 e. The minimum absolute atomic E-state index is 0.0211. The number of ether oxygens (including phenoxy) is 1. The van der Waals surface area contributed by atoms with Crippen molar-refractivity contribution in [1.29, 1.82) is 0 Å². The molecule has 29 heavy (non-hydrogen) atoms. The minimum Gasteiger partial charge on any atom is -0.480 e. The van der Waals surface area contributed by atoms with Crippen molar-refractivity contribution in [2.24, 2.45) is 0 Å². The number of aromatic nitrogens is 4. The highest BCUT2D eigenvalue weighted by Gasteiger charge is 2.31. The summed E-state index contributed by atoms with van der Waals surface area (Å²) in [5.41, 5.74) is 3.25. The number of carboxylic acid groups (broad SMARTS) is 1. The number of aliphatic carboxylic acids is 1. The zero-order chi connectivity index (χ0) is 20.5. The summed E-state index contributed by atoms with van der Waals surface area (Å²) < 4.78 is 8.49. The first kappa shape index (κ1) is 19.0. The van der Waals surface area contributed by atoms with Gasteiger partial charge in [-0.25, -0.2) is 9.78 Å². The van der Waals surface area contributed by atoms with Gasteiger partial charge in [-0.3, -0.25) is 14.4 Å². The highest BCUT2D eigenvalue weighted by molar-refractivity contribution is 5.95. The van der Waals surface area contributed by atoms with E-state index in [0.29, 0.717) is 18.8 Å². The molecule has 9 heteroatoms. The molecule has 0 saturated heterocycles. The van der Waals surface area contributed by atoms with E-state index in [-0.39, 0.29) is 12.6 Å². The largest absolute Gasteiger partial charge is 0.480 e. The van der Waals surface area contributed by atoms with Crippen LogP contribution in [0.5, 0.6) is 0 Å². The average Bonchev–Trinajstić information content (AvgIpc) is 3.33. The van der Waals surface area contributed by atoms with Crippen LogP contribution in [0.2, 0.25) is 0 Å². The van der Waals surface area contributed by atoms with Gasteiger partial charge in [0, 0.05) is 37.0 Å². The highest BCUT2D eigenvalue weighted by Crippen LogP contribution is 2.36. The van der Waals surface area contributed by atoms with Gasteiger partial charge in [0.25, 0.3) is 0 Å². The van der Waals surface area contributed by atoms with Crippen LogP contribution in [0.25, 0.3) is 11.0 Å². The lowest BCUT2D eigenvalue weighted by atomic mass is 9.96. The van der Waals surface area contributed by atoms with Crippen molar-refractivity contribution in [2.45, 2.75) is 45.3 Å². The fourth-order valence-corrected chi connectivity index (χ4v) is 4.00. The second-order valence-electron chi connectivity index (χ2n) is 7.19. The Morgan fingerprint density at radius 2 is 2.17 bits per heavy atom. The first-order valence-electron chi connectivity index (χ1n) is 9.57. The number of imidazole rings is 1. The number of carbonyl (C=O) groups excluding carboxylic acids is 1. The Labute approximate surface area is 167 Å². The SMILES string of the molecule is COC(=O)N1c2ccc3c(nc(CCn4cccn4)n3CC(=O)O)c2CCC1C. The fraction of sp³-hybridized carbons (Fsp3) is 0.400. The minimum atomic E-state index is -0.924. The van der Waals surface area contributed by atoms with Crippen LogP contribution in [0.4, 0.5) is 10.5 Å². The van der Waals surface area contributed by atoms with E-state index in [2.05, 4.69) is 5.10 Å². The van der Waals surface area contributed by atoms with Crippen molar-refractivity contribution in [2.75, 3.05) is 12.0 Å². The second kappa shape index (κ2) is 7.57. The number of hydrogen-bond acceptors (Lipinski definition) is 5. The third-order valence-electron chi connectivity index (χ3n) is 5.38. The number of hydrogen-bond donors (Lipinski definition) is 1. The molecule has 1 aliphatic rings. The van der Waals surface area contributed by atoms with Crippen LogP contribution in [0.15, 0.2) is 30.6 Å². The number of methoxy groups -OCH3 is 1. The zero-order valence-electron chi connectivity index (χ0n) is 16.4. The van der Waals surface area contributed by atoms with E-state index in [4.69, 9.17) is 9.72 Å². The van der Waals surface area contributed by atoms with Crippen molar-refractivity contribution in [3.05, 3.63) is 42.0 Å². The molecule has 0 bridgehead atoms. The number of fused-ring (bicyclic) bond motifs is 3. The molecule has 152 valence electrons. The zero-order valence-corrected chi connectivity index (χ0v) is 16.4. The average molecular weight is 397 g/mol. The Balaban J connectivity index is 1.80. The summed E-state index contributed by atoms with van der Waals surface area (Å²) in [6, 6.07) is 5.57. The van der Waals surface area contributed by atoms with Gasteiger partial charge in [0.05, 0.1) is 23.8 Å². The third kappa shape index (κ3) is 3.43. The number of aryl methyl sites for hydroxylation is 3. The summed E-state index contributed by atoms with van der Waals surface area (Å²) in [6.45, 7) is 2.42. The van der Waals surface area contributed by atoms with Crippen LogP contribution < -0.4 is 4.90 Å². The molecule has 3 aromatic rings. The molecule has 2 aromatic heterocycles. The van der Waals surface area contributed by atoms with Crippen molar-refractivity contribution in [3.63, 3.8) is 0 Å². The first-order valence-corrected chi connectivity index (χ1v) is 9.57. The molecule has 1 N–H and O–H groups in total. The van der Waals surface area contributed by atoms with Gasteiger partial charge in [-0.2, -0.15) is 5.10 Å². The van der Waals surface area contributed by atoms with Crippen molar-refractivity contribution < 1.29 is 19.4 Å². The third-order valence-corrected chi connectivity index (χ3v) is 5.38. The molecule has 0 fully saturated rings. The van der Waals surface area contributed by atoms with Crippen LogP contribution in [0.3, 0.4) is 0 Å². The molecule has 0 radical (unpaired) electrons. The normalized spacial score (nSPS) is 16.1. The number of amides is 1. The monoisotopic (exact) mass is 397 g/mol. The summed E-state index contributed by atoms with van der Waals surface area (Å²) in [7, 11) is 1.37. The van der Waals surface area contributed by atoms with Gasteiger partial charge >= 0.3 is 12.1 Å². The highest BCUT2D eigenvalue weighted by atomic mass is 16.5. The molecule has 0 aliphatic carbocycles. The summed E-state index contributed by atoms with van der Waals surface area (Å²) >= 11 is 0. The van der Waals surface area contributed by atoms with Gasteiger partial charge in [-0.1, -0.05) is 0 Å². The van der Waals surface area contributed by atoms with E-state index in [0.717, 1.165) is 35.1 Å². The number of nitrogens with zero attached hydrogens (tertiary/aromatic N) is 5. The number of carbonyl (C=O) groups is 2. The molecule has 1 atom stereocenters. The van der Waals surface area contributed by atoms with Crippen LogP contribution in [0, 0.1) is 0 Å². The maximum atomic E-state index is 12.3. The molecule has 1 unspecified atom stereocenters. The molecule has 1 aliphatic heterocycles. The number of rotatable bonds is 5. The molecule has 4 rings (SSSR count). The first-order chi connectivity index (χ1) is 14.0. The van der Waals surface area contributed by atoms with Gasteiger partial charge in [0.2, 0.25) is 0 Å². The molecule has 3 heterocycles. The van der Waals surface area contributed by atoms with E-state index < -0.39 is 12.1 Å². The summed E-state index contributed by atoms with van der Waals surface area (Å²) in [5.74, 6) is -0.235.